The number of aromatic nitrogens is 3. The minimum absolute atomic E-state index is 0.112. The van der Waals surface area contributed by atoms with Gasteiger partial charge in [0.15, 0.2) is 0 Å². The number of nitrogens with zero attached hydrogens (tertiary/aromatic N) is 3. The van der Waals surface area contributed by atoms with Crippen LogP contribution < -0.4 is 0 Å². The van der Waals surface area contributed by atoms with Crippen LogP contribution in [0.2, 0.25) is 5.02 Å². The Bertz CT molecular complexity index is 542. The first-order valence-corrected chi connectivity index (χ1v) is 6.80. The highest BCUT2D eigenvalue weighted by Gasteiger charge is 2.40. The number of aliphatic hydroxyl groups excluding tert-OH is 1. The van der Waals surface area contributed by atoms with Crippen molar-refractivity contribution in [1.29, 1.82) is 0 Å². The van der Waals surface area contributed by atoms with Gasteiger partial charge in [0.2, 0.25) is 0 Å². The Labute approximate surface area is 122 Å². The largest absolute Gasteiger partial charge is 0.389 e. The van der Waals surface area contributed by atoms with Crippen LogP contribution in [0, 0.1) is 5.92 Å². The summed E-state index contributed by atoms with van der Waals surface area (Å²) in [5.74, 6) is -0.112. The maximum atomic E-state index is 11.0. The standard InChI is InChI=1S/C14H18ClN3O2/c1-10(2)13(19)14(20,7-18-9-16-8-17-18)11-3-5-12(15)6-4-11/h3-6,8-10,13,19-20H,7H2,1-2H3/t13-,14-/m0/s1. The van der Waals surface area contributed by atoms with Gasteiger partial charge in [0, 0.05) is 5.02 Å². The van der Waals surface area contributed by atoms with E-state index < -0.39 is 11.7 Å². The van der Waals surface area contributed by atoms with E-state index in [4.69, 9.17) is 11.6 Å². The first-order valence-electron chi connectivity index (χ1n) is 6.42. The van der Waals surface area contributed by atoms with Crippen molar-refractivity contribution in [3.8, 4) is 0 Å². The molecule has 0 aliphatic carbocycles. The third-order valence-electron chi connectivity index (χ3n) is 3.33. The second-order valence-electron chi connectivity index (χ2n) is 5.21. The van der Waals surface area contributed by atoms with Crippen molar-refractivity contribution in [2.24, 2.45) is 5.92 Å². The van der Waals surface area contributed by atoms with Gasteiger partial charge in [0.1, 0.15) is 18.3 Å². The Hall–Kier alpha value is -1.43. The summed E-state index contributed by atoms with van der Waals surface area (Å²) in [6, 6.07) is 6.81. The zero-order valence-corrected chi connectivity index (χ0v) is 12.2. The van der Waals surface area contributed by atoms with E-state index in [0.717, 1.165) is 0 Å². The van der Waals surface area contributed by atoms with Gasteiger partial charge in [0.25, 0.3) is 0 Å². The van der Waals surface area contributed by atoms with Crippen LogP contribution in [0.15, 0.2) is 36.9 Å². The summed E-state index contributed by atoms with van der Waals surface area (Å²) in [4.78, 5) is 3.86. The average molecular weight is 296 g/mol. The summed E-state index contributed by atoms with van der Waals surface area (Å²) in [5, 5.41) is 26.0. The molecule has 0 aliphatic heterocycles. The normalized spacial score (nSPS) is 16.1. The molecule has 2 atom stereocenters. The Morgan fingerprint density at radius 3 is 2.45 bits per heavy atom. The Balaban J connectivity index is 2.40. The van der Waals surface area contributed by atoms with Crippen molar-refractivity contribution < 1.29 is 10.2 Å². The van der Waals surface area contributed by atoms with Crippen LogP contribution in [-0.4, -0.2) is 31.1 Å². The fraction of sp³-hybridized carbons (Fsp3) is 0.429. The van der Waals surface area contributed by atoms with E-state index in [0.29, 0.717) is 10.6 Å². The van der Waals surface area contributed by atoms with Gasteiger partial charge in [-0.25, -0.2) is 9.67 Å². The first kappa shape index (κ1) is 15.0. The van der Waals surface area contributed by atoms with Crippen LogP contribution in [0.1, 0.15) is 19.4 Å². The molecule has 20 heavy (non-hydrogen) atoms. The molecule has 0 radical (unpaired) electrons. The molecule has 1 aromatic heterocycles. The lowest BCUT2D eigenvalue weighted by Gasteiger charge is -2.35. The molecule has 2 N–H and O–H groups in total. The zero-order chi connectivity index (χ0) is 14.8. The average Bonchev–Trinajstić information content (AvgIpc) is 2.91. The second-order valence-corrected chi connectivity index (χ2v) is 5.65. The SMILES string of the molecule is CC(C)[C@H](O)[C@](O)(Cn1cncn1)c1ccc(Cl)cc1. The van der Waals surface area contributed by atoms with E-state index >= 15 is 0 Å². The summed E-state index contributed by atoms with van der Waals surface area (Å²) in [6.45, 7) is 3.83. The lowest BCUT2D eigenvalue weighted by Crippen LogP contribution is -2.46. The molecule has 0 saturated heterocycles. The number of hydrogen-bond donors (Lipinski definition) is 2. The molecule has 0 unspecified atom stereocenters. The summed E-state index contributed by atoms with van der Waals surface area (Å²) in [6.07, 6.45) is 1.96. The van der Waals surface area contributed by atoms with Crippen LogP contribution >= 0.6 is 11.6 Å². The zero-order valence-electron chi connectivity index (χ0n) is 11.4. The lowest BCUT2D eigenvalue weighted by atomic mass is 9.82. The molecule has 6 heteroatoms. The Morgan fingerprint density at radius 1 is 1.30 bits per heavy atom. The molecule has 108 valence electrons. The summed E-state index contributed by atoms with van der Waals surface area (Å²) in [7, 11) is 0. The van der Waals surface area contributed by atoms with E-state index in [9.17, 15) is 10.2 Å². The number of halogens is 1. The van der Waals surface area contributed by atoms with Gasteiger partial charge < -0.3 is 10.2 Å². The van der Waals surface area contributed by atoms with Crippen molar-refractivity contribution in [2.75, 3.05) is 0 Å². The summed E-state index contributed by atoms with van der Waals surface area (Å²) >= 11 is 5.87. The smallest absolute Gasteiger partial charge is 0.137 e. The topological polar surface area (TPSA) is 71.2 Å². The van der Waals surface area contributed by atoms with E-state index in [1.807, 2.05) is 13.8 Å². The third kappa shape index (κ3) is 3.00. The van der Waals surface area contributed by atoms with Crippen molar-refractivity contribution >= 4 is 11.6 Å². The number of rotatable bonds is 5. The van der Waals surface area contributed by atoms with Crippen LogP contribution in [0.4, 0.5) is 0 Å². The number of benzene rings is 1. The van der Waals surface area contributed by atoms with Crippen molar-refractivity contribution in [3.05, 3.63) is 47.5 Å². The van der Waals surface area contributed by atoms with Crippen LogP contribution in [0.25, 0.3) is 0 Å². The highest BCUT2D eigenvalue weighted by Crippen LogP contribution is 2.31. The fourth-order valence-electron chi connectivity index (χ4n) is 2.21. The van der Waals surface area contributed by atoms with Gasteiger partial charge in [-0.05, 0) is 23.6 Å². The molecule has 5 nitrogen and oxygen atoms in total. The summed E-state index contributed by atoms with van der Waals surface area (Å²) in [5.41, 5.74) is -0.856. The van der Waals surface area contributed by atoms with Crippen LogP contribution in [0.5, 0.6) is 0 Å². The van der Waals surface area contributed by atoms with Crippen molar-refractivity contribution in [1.82, 2.24) is 14.8 Å². The van der Waals surface area contributed by atoms with Gasteiger partial charge in [-0.1, -0.05) is 37.6 Å². The quantitative estimate of drug-likeness (QED) is 0.883. The molecule has 0 fully saturated rings. The molecule has 0 bridgehead atoms. The van der Waals surface area contributed by atoms with Crippen LogP contribution in [-0.2, 0) is 12.1 Å². The fourth-order valence-corrected chi connectivity index (χ4v) is 2.33. The van der Waals surface area contributed by atoms with E-state index in [1.54, 1.807) is 24.3 Å². The van der Waals surface area contributed by atoms with Crippen molar-refractivity contribution in [3.63, 3.8) is 0 Å². The highest BCUT2D eigenvalue weighted by atomic mass is 35.5. The number of hydrogen-bond acceptors (Lipinski definition) is 4. The Morgan fingerprint density at radius 2 is 1.95 bits per heavy atom. The Kier molecular flexibility index (Phi) is 4.42. The predicted octanol–water partition coefficient (Wildman–Crippen LogP) is 1.84. The minimum atomic E-state index is -1.45. The van der Waals surface area contributed by atoms with E-state index in [1.165, 1.54) is 17.3 Å². The monoisotopic (exact) mass is 295 g/mol. The summed E-state index contributed by atoms with van der Waals surface area (Å²) < 4.78 is 1.50. The van der Waals surface area contributed by atoms with Gasteiger partial charge in [-0.15, -0.1) is 0 Å². The minimum Gasteiger partial charge on any atom is -0.389 e. The van der Waals surface area contributed by atoms with Gasteiger partial charge in [-0.3, -0.25) is 0 Å². The molecule has 0 spiro atoms. The first-order chi connectivity index (χ1) is 9.43. The predicted molar refractivity (Wildman–Crippen MR) is 76.2 cm³/mol. The van der Waals surface area contributed by atoms with Crippen LogP contribution in [0.3, 0.4) is 0 Å². The maximum Gasteiger partial charge on any atom is 0.137 e. The third-order valence-corrected chi connectivity index (χ3v) is 3.59. The van der Waals surface area contributed by atoms with Crippen molar-refractivity contribution in [2.45, 2.75) is 32.1 Å². The molecular formula is C14H18ClN3O2. The van der Waals surface area contributed by atoms with Gasteiger partial charge >= 0.3 is 0 Å². The number of aliphatic hydroxyl groups is 2. The molecule has 0 amide bonds. The van der Waals surface area contributed by atoms with Gasteiger partial charge in [-0.2, -0.15) is 5.10 Å². The highest BCUT2D eigenvalue weighted by molar-refractivity contribution is 6.30. The van der Waals surface area contributed by atoms with Gasteiger partial charge in [0.05, 0.1) is 12.6 Å². The molecule has 0 aliphatic rings. The lowest BCUT2D eigenvalue weighted by molar-refractivity contribution is -0.112. The molecule has 1 aromatic carbocycles. The molecular weight excluding hydrogens is 278 g/mol. The maximum absolute atomic E-state index is 11.0. The second kappa shape index (κ2) is 5.91. The van der Waals surface area contributed by atoms with E-state index in [2.05, 4.69) is 10.1 Å². The molecule has 1 heterocycles. The molecule has 0 saturated carbocycles. The van der Waals surface area contributed by atoms with E-state index in [-0.39, 0.29) is 12.5 Å². The molecule has 2 aromatic rings. The molecule has 2 rings (SSSR count).